The summed E-state index contributed by atoms with van der Waals surface area (Å²) < 4.78 is 32.4. The summed E-state index contributed by atoms with van der Waals surface area (Å²) in [6.45, 7) is 0.968. The molecule has 7 nitrogen and oxygen atoms in total. The summed E-state index contributed by atoms with van der Waals surface area (Å²) in [5.41, 5.74) is -1.02. The molecule has 0 unspecified atom stereocenters. The zero-order valence-electron chi connectivity index (χ0n) is 11.1. The van der Waals surface area contributed by atoms with E-state index in [1.165, 1.54) is 28.3 Å². The van der Waals surface area contributed by atoms with Crippen LogP contribution in [0.4, 0.5) is 0 Å². The lowest BCUT2D eigenvalue weighted by Gasteiger charge is -2.34. The summed E-state index contributed by atoms with van der Waals surface area (Å²) in [5.74, 6) is 0. The van der Waals surface area contributed by atoms with Crippen molar-refractivity contribution in [3.05, 3.63) is 12.3 Å². The molecule has 0 bridgehead atoms. The molecule has 1 saturated heterocycles. The maximum atomic E-state index is 12.4. The molecule has 0 aliphatic carbocycles. The van der Waals surface area contributed by atoms with Gasteiger partial charge in [-0.15, -0.1) is 0 Å². The third-order valence-electron chi connectivity index (χ3n) is 3.39. The number of nitrogens with zero attached hydrogens (tertiary/aromatic N) is 3. The van der Waals surface area contributed by atoms with Gasteiger partial charge in [0.25, 0.3) is 10.0 Å². The molecule has 1 aromatic rings. The zero-order chi connectivity index (χ0) is 14.1. The van der Waals surface area contributed by atoms with E-state index in [1.54, 1.807) is 7.05 Å². The average molecular weight is 289 g/mol. The normalized spacial score (nSPS) is 19.8. The molecule has 8 heteroatoms. The Balaban J connectivity index is 2.15. The van der Waals surface area contributed by atoms with Gasteiger partial charge < -0.3 is 9.84 Å². The van der Waals surface area contributed by atoms with Gasteiger partial charge in [0.1, 0.15) is 0 Å². The van der Waals surface area contributed by atoms with E-state index in [0.29, 0.717) is 26.1 Å². The molecule has 0 atom stereocenters. The fraction of sp³-hybridized carbons (Fsp3) is 0.727. The number of ether oxygens (including phenoxy) is 1. The molecule has 0 saturated carbocycles. The van der Waals surface area contributed by atoms with Crippen LogP contribution in [-0.4, -0.2) is 60.0 Å². The minimum Gasteiger partial charge on any atom is -0.388 e. The number of aromatic nitrogens is 2. The van der Waals surface area contributed by atoms with Crippen LogP contribution in [0.5, 0.6) is 0 Å². The van der Waals surface area contributed by atoms with E-state index in [2.05, 4.69) is 5.10 Å². The van der Waals surface area contributed by atoms with Crippen LogP contribution in [0.15, 0.2) is 17.3 Å². The van der Waals surface area contributed by atoms with Crippen molar-refractivity contribution >= 4 is 10.0 Å². The number of hydrogen-bond acceptors (Lipinski definition) is 5. The first-order chi connectivity index (χ1) is 8.85. The van der Waals surface area contributed by atoms with Crippen molar-refractivity contribution in [2.24, 2.45) is 7.05 Å². The van der Waals surface area contributed by atoms with Gasteiger partial charge in [-0.05, 0) is 6.07 Å². The van der Waals surface area contributed by atoms with Crippen molar-refractivity contribution < 1.29 is 18.3 Å². The number of aryl methyl sites for hydroxylation is 1. The highest BCUT2D eigenvalue weighted by Gasteiger charge is 2.35. The third-order valence-corrected chi connectivity index (χ3v) is 5.27. The van der Waals surface area contributed by atoms with Gasteiger partial charge in [-0.2, -0.15) is 9.40 Å². The molecule has 1 fully saturated rings. The Morgan fingerprint density at radius 2 is 2.16 bits per heavy atom. The van der Waals surface area contributed by atoms with Gasteiger partial charge in [-0.1, -0.05) is 0 Å². The summed E-state index contributed by atoms with van der Waals surface area (Å²) in [4.78, 5) is 0. The molecule has 2 heterocycles. The van der Waals surface area contributed by atoms with Crippen LogP contribution in [0.2, 0.25) is 0 Å². The molecule has 1 aliphatic heterocycles. The zero-order valence-corrected chi connectivity index (χ0v) is 11.9. The molecule has 0 radical (unpaired) electrons. The first-order valence-electron chi connectivity index (χ1n) is 6.10. The Morgan fingerprint density at radius 3 is 2.68 bits per heavy atom. The Hall–Kier alpha value is -0.960. The summed E-state index contributed by atoms with van der Waals surface area (Å²) in [6.07, 6.45) is 2.32. The number of aliphatic hydroxyl groups is 1. The lowest BCUT2D eigenvalue weighted by atomic mass is 9.95. The van der Waals surface area contributed by atoms with Crippen LogP contribution in [0.1, 0.15) is 12.8 Å². The van der Waals surface area contributed by atoms with Crippen molar-refractivity contribution in [1.82, 2.24) is 14.1 Å². The van der Waals surface area contributed by atoms with Crippen LogP contribution < -0.4 is 0 Å². The second-order valence-electron chi connectivity index (χ2n) is 4.89. The standard InChI is InChI=1S/C11H19N3O4S/c1-13(9-11(15)4-7-18-8-5-11)19(16,17)10-3-6-12-14(10)2/h3,6,15H,4-5,7-9H2,1-2H3. The van der Waals surface area contributed by atoms with Crippen LogP contribution in [0, 0.1) is 0 Å². The molecule has 1 N–H and O–H groups in total. The fourth-order valence-corrected chi connectivity index (χ4v) is 3.53. The van der Waals surface area contributed by atoms with Crippen LogP contribution in [0.3, 0.4) is 0 Å². The molecule has 1 aliphatic rings. The highest BCUT2D eigenvalue weighted by molar-refractivity contribution is 7.89. The number of likely N-dealkylation sites (N-methyl/N-ethyl adjacent to an activating group) is 1. The fourth-order valence-electron chi connectivity index (χ4n) is 2.18. The summed E-state index contributed by atoms with van der Waals surface area (Å²) in [5, 5.41) is 14.3. The van der Waals surface area contributed by atoms with Crippen molar-refractivity contribution in [2.75, 3.05) is 26.8 Å². The Kier molecular flexibility index (Phi) is 3.95. The van der Waals surface area contributed by atoms with Gasteiger partial charge in [0.05, 0.1) is 11.8 Å². The van der Waals surface area contributed by atoms with Crippen molar-refractivity contribution in [3.8, 4) is 0 Å². The molecule has 1 aromatic heterocycles. The maximum absolute atomic E-state index is 12.4. The first kappa shape index (κ1) is 14.4. The molecule has 0 amide bonds. The highest BCUT2D eigenvalue weighted by atomic mass is 32.2. The Labute approximate surface area is 112 Å². The number of hydrogen-bond donors (Lipinski definition) is 1. The van der Waals surface area contributed by atoms with Gasteiger partial charge in [-0.25, -0.2) is 8.42 Å². The molecule has 2 rings (SSSR count). The minimum absolute atomic E-state index is 0.0594. The highest BCUT2D eigenvalue weighted by Crippen LogP contribution is 2.24. The lowest BCUT2D eigenvalue weighted by Crippen LogP contribution is -2.47. The van der Waals surface area contributed by atoms with Crippen molar-refractivity contribution in [1.29, 1.82) is 0 Å². The van der Waals surface area contributed by atoms with E-state index in [1.807, 2.05) is 0 Å². The molecule has 0 aromatic carbocycles. The van der Waals surface area contributed by atoms with Crippen LogP contribution in [0.25, 0.3) is 0 Å². The smallest absolute Gasteiger partial charge is 0.260 e. The summed E-state index contributed by atoms with van der Waals surface area (Å²) in [7, 11) is -0.590. The number of sulfonamides is 1. The second-order valence-corrected chi connectivity index (χ2v) is 6.88. The van der Waals surface area contributed by atoms with Gasteiger partial charge in [0, 0.05) is 46.7 Å². The van der Waals surface area contributed by atoms with E-state index in [4.69, 9.17) is 4.74 Å². The van der Waals surface area contributed by atoms with Gasteiger partial charge in [-0.3, -0.25) is 4.68 Å². The SMILES string of the molecule is CN(CC1(O)CCOCC1)S(=O)(=O)c1ccnn1C. The maximum Gasteiger partial charge on any atom is 0.260 e. The molecular weight excluding hydrogens is 270 g/mol. The van der Waals surface area contributed by atoms with E-state index >= 15 is 0 Å². The van der Waals surface area contributed by atoms with Crippen molar-refractivity contribution in [3.63, 3.8) is 0 Å². The summed E-state index contributed by atoms with van der Waals surface area (Å²) in [6, 6.07) is 1.44. The van der Waals surface area contributed by atoms with Crippen LogP contribution in [-0.2, 0) is 21.8 Å². The topological polar surface area (TPSA) is 84.7 Å². The Morgan fingerprint density at radius 1 is 1.53 bits per heavy atom. The van der Waals surface area contributed by atoms with Gasteiger partial charge in [0.2, 0.25) is 0 Å². The van der Waals surface area contributed by atoms with Crippen LogP contribution >= 0.6 is 0 Å². The lowest BCUT2D eigenvalue weighted by molar-refractivity contribution is -0.0689. The predicted octanol–water partition coefficient (Wildman–Crippen LogP) is -0.418. The quantitative estimate of drug-likeness (QED) is 0.814. The average Bonchev–Trinajstić information content (AvgIpc) is 2.76. The van der Waals surface area contributed by atoms with E-state index < -0.39 is 15.6 Å². The van der Waals surface area contributed by atoms with E-state index in [-0.39, 0.29) is 11.6 Å². The molecule has 0 spiro atoms. The van der Waals surface area contributed by atoms with E-state index in [9.17, 15) is 13.5 Å². The van der Waals surface area contributed by atoms with Gasteiger partial charge >= 0.3 is 0 Å². The third kappa shape index (κ3) is 2.97. The molecular formula is C11H19N3O4S. The summed E-state index contributed by atoms with van der Waals surface area (Å²) >= 11 is 0. The van der Waals surface area contributed by atoms with E-state index in [0.717, 1.165) is 0 Å². The predicted molar refractivity (Wildman–Crippen MR) is 68.0 cm³/mol. The van der Waals surface area contributed by atoms with Gasteiger partial charge in [0.15, 0.2) is 5.03 Å². The molecule has 19 heavy (non-hydrogen) atoms. The minimum atomic E-state index is -3.63. The molecule has 108 valence electrons. The number of rotatable bonds is 4. The monoisotopic (exact) mass is 289 g/mol. The van der Waals surface area contributed by atoms with Crippen molar-refractivity contribution in [2.45, 2.75) is 23.5 Å². The first-order valence-corrected chi connectivity index (χ1v) is 7.54. The largest absolute Gasteiger partial charge is 0.388 e. The second kappa shape index (κ2) is 5.20. The Bertz CT molecular complexity index is 534.